The van der Waals surface area contributed by atoms with Crippen LogP contribution in [0.1, 0.15) is 15.9 Å². The van der Waals surface area contributed by atoms with Crippen LogP contribution in [-0.4, -0.2) is 10.8 Å². The van der Waals surface area contributed by atoms with Crippen LogP contribution in [-0.2, 0) is 6.42 Å². The number of aromatic nitrogens is 1. The van der Waals surface area contributed by atoms with Gasteiger partial charge < -0.3 is 0 Å². The van der Waals surface area contributed by atoms with Crippen molar-refractivity contribution in [3.05, 3.63) is 66.0 Å². The van der Waals surface area contributed by atoms with E-state index in [1.807, 2.05) is 30.3 Å². The topological polar surface area (TPSA) is 30.0 Å². The molecule has 0 saturated carbocycles. The van der Waals surface area contributed by atoms with Gasteiger partial charge in [-0.1, -0.05) is 30.3 Å². The number of carbonyl (C=O) groups excluding carboxylic acids is 1. The zero-order chi connectivity index (χ0) is 10.5. The third-order valence-corrected chi connectivity index (χ3v) is 2.21. The summed E-state index contributed by atoms with van der Waals surface area (Å²) in [5, 5.41) is 0. The highest BCUT2D eigenvalue weighted by molar-refractivity contribution is 5.97. The number of rotatable bonds is 3. The number of carbonyl (C=O) groups is 1. The van der Waals surface area contributed by atoms with E-state index in [4.69, 9.17) is 0 Å². The summed E-state index contributed by atoms with van der Waals surface area (Å²) in [6.45, 7) is 0. The van der Waals surface area contributed by atoms with Crippen LogP contribution < -0.4 is 0 Å². The number of Topliss-reactive ketones (excluding diaryl/α,β-unsaturated/α-hetero) is 1. The van der Waals surface area contributed by atoms with Crippen molar-refractivity contribution < 1.29 is 4.79 Å². The Morgan fingerprint density at radius 2 is 1.62 bits per heavy atom. The molecule has 2 nitrogen and oxygen atoms in total. The molecule has 0 aliphatic heterocycles. The molecular formula is C13H12ClNO. The molecule has 0 fully saturated rings. The van der Waals surface area contributed by atoms with Crippen LogP contribution in [0.4, 0.5) is 0 Å². The molecule has 1 aromatic carbocycles. The average Bonchev–Trinajstić information content (AvgIpc) is 2.31. The highest BCUT2D eigenvalue weighted by Gasteiger charge is 2.05. The van der Waals surface area contributed by atoms with Crippen LogP contribution in [0.2, 0.25) is 0 Å². The summed E-state index contributed by atoms with van der Waals surface area (Å²) in [5.41, 5.74) is 1.76. The maximum absolute atomic E-state index is 11.8. The van der Waals surface area contributed by atoms with Crippen LogP contribution in [0.15, 0.2) is 54.9 Å². The zero-order valence-electron chi connectivity index (χ0n) is 8.67. The van der Waals surface area contributed by atoms with Crippen LogP contribution in [0.5, 0.6) is 0 Å². The van der Waals surface area contributed by atoms with E-state index in [1.54, 1.807) is 24.5 Å². The van der Waals surface area contributed by atoms with E-state index < -0.39 is 0 Å². The van der Waals surface area contributed by atoms with Crippen molar-refractivity contribution in [3.63, 3.8) is 0 Å². The third-order valence-electron chi connectivity index (χ3n) is 2.21. The van der Waals surface area contributed by atoms with Crippen molar-refractivity contribution in [3.8, 4) is 0 Å². The average molecular weight is 234 g/mol. The fraction of sp³-hybridized carbons (Fsp3) is 0.0769. The van der Waals surface area contributed by atoms with Gasteiger partial charge in [0.15, 0.2) is 5.78 Å². The number of pyridine rings is 1. The molecular weight excluding hydrogens is 222 g/mol. The second kappa shape index (κ2) is 6.03. The summed E-state index contributed by atoms with van der Waals surface area (Å²) in [6.07, 6.45) is 3.72. The largest absolute Gasteiger partial charge is 0.294 e. The summed E-state index contributed by atoms with van der Waals surface area (Å²) < 4.78 is 0. The minimum atomic E-state index is 0. The number of benzene rings is 1. The second-order valence-electron chi connectivity index (χ2n) is 3.32. The van der Waals surface area contributed by atoms with Gasteiger partial charge in [0.25, 0.3) is 0 Å². The van der Waals surface area contributed by atoms with E-state index in [9.17, 15) is 4.79 Å². The van der Waals surface area contributed by atoms with Gasteiger partial charge in [0.1, 0.15) is 0 Å². The lowest BCUT2D eigenvalue weighted by atomic mass is 10.0. The monoisotopic (exact) mass is 233 g/mol. The molecule has 0 saturated heterocycles. The Balaban J connectivity index is 0.00000128. The van der Waals surface area contributed by atoms with Crippen molar-refractivity contribution in [1.82, 2.24) is 4.98 Å². The van der Waals surface area contributed by atoms with E-state index in [2.05, 4.69) is 4.98 Å². The zero-order valence-corrected chi connectivity index (χ0v) is 9.48. The van der Waals surface area contributed by atoms with Crippen molar-refractivity contribution in [1.29, 1.82) is 0 Å². The van der Waals surface area contributed by atoms with Crippen LogP contribution in [0, 0.1) is 0 Å². The molecule has 82 valence electrons. The lowest BCUT2D eigenvalue weighted by molar-refractivity contribution is 0.0993. The normalized spacial score (nSPS) is 9.25. The maximum Gasteiger partial charge on any atom is 0.167 e. The molecule has 0 amide bonds. The Hall–Kier alpha value is -1.67. The Morgan fingerprint density at radius 3 is 2.25 bits per heavy atom. The van der Waals surface area contributed by atoms with Crippen LogP contribution >= 0.6 is 12.4 Å². The standard InChI is InChI=1S/C13H11NO.ClH/c15-13(12-6-8-14-9-7-12)10-11-4-2-1-3-5-11;/h1-9H,10H2;1H. The van der Waals surface area contributed by atoms with Crippen molar-refractivity contribution in [2.45, 2.75) is 6.42 Å². The number of hydrogen-bond acceptors (Lipinski definition) is 2. The molecule has 0 unspecified atom stereocenters. The van der Waals surface area contributed by atoms with Gasteiger partial charge in [0, 0.05) is 24.4 Å². The third kappa shape index (κ3) is 3.17. The Bertz CT molecular complexity index is 442. The second-order valence-corrected chi connectivity index (χ2v) is 3.32. The number of nitrogens with zero attached hydrogens (tertiary/aromatic N) is 1. The smallest absolute Gasteiger partial charge is 0.167 e. The molecule has 0 aliphatic carbocycles. The maximum atomic E-state index is 11.8. The summed E-state index contributed by atoms with van der Waals surface area (Å²) in [5.74, 6) is 0.128. The number of halogens is 1. The Morgan fingerprint density at radius 1 is 1.00 bits per heavy atom. The highest BCUT2D eigenvalue weighted by atomic mass is 35.5. The van der Waals surface area contributed by atoms with E-state index in [-0.39, 0.29) is 18.2 Å². The first-order valence-electron chi connectivity index (χ1n) is 4.83. The van der Waals surface area contributed by atoms with Gasteiger partial charge in [0.2, 0.25) is 0 Å². The summed E-state index contributed by atoms with van der Waals surface area (Å²) in [6, 6.07) is 13.2. The van der Waals surface area contributed by atoms with Gasteiger partial charge in [0.05, 0.1) is 0 Å². The Labute approximate surface area is 101 Å². The molecule has 1 heterocycles. The molecule has 0 spiro atoms. The van der Waals surface area contributed by atoms with Crippen LogP contribution in [0.25, 0.3) is 0 Å². The SMILES string of the molecule is Cl.O=C(Cc1ccccc1)c1ccncc1. The lowest BCUT2D eigenvalue weighted by Gasteiger charge is -2.00. The minimum Gasteiger partial charge on any atom is -0.294 e. The number of ketones is 1. The van der Waals surface area contributed by atoms with Crippen LogP contribution in [0.3, 0.4) is 0 Å². The van der Waals surface area contributed by atoms with E-state index >= 15 is 0 Å². The molecule has 0 atom stereocenters. The first-order valence-corrected chi connectivity index (χ1v) is 4.83. The Kier molecular flexibility index (Phi) is 4.67. The molecule has 16 heavy (non-hydrogen) atoms. The van der Waals surface area contributed by atoms with Crippen molar-refractivity contribution >= 4 is 18.2 Å². The summed E-state index contributed by atoms with van der Waals surface area (Å²) in [7, 11) is 0. The molecule has 2 rings (SSSR count). The first kappa shape index (κ1) is 12.4. The highest BCUT2D eigenvalue weighted by Crippen LogP contribution is 2.06. The quantitative estimate of drug-likeness (QED) is 0.763. The molecule has 0 bridgehead atoms. The molecule has 0 aliphatic rings. The van der Waals surface area contributed by atoms with Gasteiger partial charge >= 0.3 is 0 Å². The van der Waals surface area contributed by atoms with Crippen molar-refractivity contribution in [2.75, 3.05) is 0 Å². The summed E-state index contributed by atoms with van der Waals surface area (Å²) in [4.78, 5) is 15.7. The van der Waals surface area contributed by atoms with Gasteiger partial charge in [-0.25, -0.2) is 0 Å². The fourth-order valence-electron chi connectivity index (χ4n) is 1.42. The first-order chi connectivity index (χ1) is 7.36. The minimum absolute atomic E-state index is 0. The number of hydrogen-bond donors (Lipinski definition) is 0. The summed E-state index contributed by atoms with van der Waals surface area (Å²) >= 11 is 0. The molecule has 0 radical (unpaired) electrons. The van der Waals surface area contributed by atoms with Gasteiger partial charge in [-0.05, 0) is 17.7 Å². The molecule has 0 N–H and O–H groups in total. The van der Waals surface area contributed by atoms with E-state index in [0.717, 1.165) is 5.56 Å². The van der Waals surface area contributed by atoms with Gasteiger partial charge in [-0.15, -0.1) is 12.4 Å². The lowest BCUT2D eigenvalue weighted by Crippen LogP contribution is -2.03. The van der Waals surface area contributed by atoms with Gasteiger partial charge in [-0.3, -0.25) is 9.78 Å². The molecule has 3 heteroatoms. The van der Waals surface area contributed by atoms with Crippen molar-refractivity contribution in [2.24, 2.45) is 0 Å². The molecule has 2 aromatic rings. The predicted molar refractivity (Wildman–Crippen MR) is 66.0 cm³/mol. The predicted octanol–water partition coefficient (Wildman–Crippen LogP) is 2.93. The fourth-order valence-corrected chi connectivity index (χ4v) is 1.42. The van der Waals surface area contributed by atoms with Gasteiger partial charge in [-0.2, -0.15) is 0 Å². The molecule has 1 aromatic heterocycles. The van der Waals surface area contributed by atoms with E-state index in [0.29, 0.717) is 12.0 Å². The van der Waals surface area contributed by atoms with E-state index in [1.165, 1.54) is 0 Å².